The normalized spacial score (nSPS) is 16.0. The molecule has 124 valence electrons. The molecule has 0 saturated carbocycles. The van der Waals surface area contributed by atoms with Crippen molar-refractivity contribution >= 4 is 18.4 Å². The average Bonchev–Trinajstić information content (AvgIpc) is 2.90. The number of halogens is 1. The van der Waals surface area contributed by atoms with Crippen LogP contribution in [0.15, 0.2) is 34.7 Å². The van der Waals surface area contributed by atoms with Gasteiger partial charge in [-0.25, -0.2) is 4.98 Å². The molecule has 23 heavy (non-hydrogen) atoms. The Bertz CT molecular complexity index is 649. The van der Waals surface area contributed by atoms with Gasteiger partial charge in [0.2, 0.25) is 5.89 Å². The highest BCUT2D eigenvalue weighted by molar-refractivity contribution is 5.85. The number of carbonyl (C=O) groups is 1. The second-order valence-corrected chi connectivity index (χ2v) is 5.78. The van der Waals surface area contributed by atoms with Crippen LogP contribution in [0.25, 0.3) is 11.5 Å². The van der Waals surface area contributed by atoms with E-state index in [4.69, 9.17) is 9.52 Å². The lowest BCUT2D eigenvalue weighted by atomic mass is 9.97. The van der Waals surface area contributed by atoms with Crippen LogP contribution in [0.1, 0.15) is 24.3 Å². The van der Waals surface area contributed by atoms with Gasteiger partial charge < -0.3 is 9.52 Å². The highest BCUT2D eigenvalue weighted by atomic mass is 35.5. The molecule has 5 nitrogen and oxygen atoms in total. The summed E-state index contributed by atoms with van der Waals surface area (Å²) >= 11 is 0. The van der Waals surface area contributed by atoms with Crippen LogP contribution in [0.4, 0.5) is 0 Å². The first-order valence-corrected chi connectivity index (χ1v) is 7.60. The lowest BCUT2D eigenvalue weighted by Gasteiger charge is -2.29. The summed E-state index contributed by atoms with van der Waals surface area (Å²) < 4.78 is 5.77. The number of hydrogen-bond donors (Lipinski definition) is 1. The molecule has 0 aliphatic carbocycles. The summed E-state index contributed by atoms with van der Waals surface area (Å²) in [7, 11) is 0. The molecule has 0 amide bonds. The van der Waals surface area contributed by atoms with Crippen molar-refractivity contribution < 1.29 is 14.3 Å². The number of piperidine rings is 1. The quantitative estimate of drug-likeness (QED) is 0.927. The number of likely N-dealkylation sites (tertiary alicyclic amines) is 1. The highest BCUT2D eigenvalue weighted by Crippen LogP contribution is 2.24. The Morgan fingerprint density at radius 3 is 2.57 bits per heavy atom. The number of rotatable bonds is 4. The maximum absolute atomic E-state index is 11.0. The summed E-state index contributed by atoms with van der Waals surface area (Å²) in [6.45, 7) is 4.24. The van der Waals surface area contributed by atoms with E-state index in [1.807, 2.05) is 37.3 Å². The maximum atomic E-state index is 11.0. The van der Waals surface area contributed by atoms with Gasteiger partial charge in [0.1, 0.15) is 5.76 Å². The molecule has 1 aliphatic rings. The van der Waals surface area contributed by atoms with Crippen LogP contribution in [0.3, 0.4) is 0 Å². The number of aliphatic carboxylic acids is 1. The number of nitrogens with zero attached hydrogens (tertiary/aromatic N) is 2. The molecule has 0 radical (unpaired) electrons. The van der Waals surface area contributed by atoms with E-state index in [9.17, 15) is 4.79 Å². The van der Waals surface area contributed by atoms with E-state index < -0.39 is 5.97 Å². The molecule has 1 aliphatic heterocycles. The minimum absolute atomic E-state index is 0. The van der Waals surface area contributed by atoms with E-state index in [2.05, 4.69) is 9.88 Å². The van der Waals surface area contributed by atoms with Gasteiger partial charge in [-0.05, 0) is 45.0 Å². The van der Waals surface area contributed by atoms with Crippen LogP contribution in [0.5, 0.6) is 0 Å². The molecule has 1 fully saturated rings. The van der Waals surface area contributed by atoms with E-state index >= 15 is 0 Å². The van der Waals surface area contributed by atoms with Crippen molar-refractivity contribution in [2.45, 2.75) is 26.3 Å². The lowest BCUT2D eigenvalue weighted by Crippen LogP contribution is -2.36. The van der Waals surface area contributed by atoms with E-state index in [0.717, 1.165) is 30.1 Å². The fourth-order valence-corrected chi connectivity index (χ4v) is 2.83. The molecule has 2 aromatic rings. The first kappa shape index (κ1) is 17.5. The zero-order chi connectivity index (χ0) is 15.5. The molecule has 2 heterocycles. The van der Waals surface area contributed by atoms with Gasteiger partial charge >= 0.3 is 5.97 Å². The molecular formula is C17H21ClN2O3. The van der Waals surface area contributed by atoms with Crippen LogP contribution in [-0.2, 0) is 11.3 Å². The molecular weight excluding hydrogens is 316 g/mol. The van der Waals surface area contributed by atoms with Gasteiger partial charge in [-0.1, -0.05) is 18.2 Å². The second-order valence-electron chi connectivity index (χ2n) is 5.78. The number of aromatic nitrogens is 1. The van der Waals surface area contributed by atoms with Gasteiger partial charge in [-0.2, -0.15) is 0 Å². The SMILES string of the molecule is Cc1oc(-c2ccccc2)nc1CN1CCC(C(=O)O)CC1.Cl. The van der Waals surface area contributed by atoms with Crippen molar-refractivity contribution in [2.75, 3.05) is 13.1 Å². The first-order valence-electron chi connectivity index (χ1n) is 7.60. The predicted molar refractivity (Wildman–Crippen MR) is 89.6 cm³/mol. The van der Waals surface area contributed by atoms with Crippen LogP contribution < -0.4 is 0 Å². The molecule has 3 rings (SSSR count). The van der Waals surface area contributed by atoms with Crippen molar-refractivity contribution in [3.8, 4) is 11.5 Å². The Morgan fingerprint density at radius 1 is 1.30 bits per heavy atom. The molecule has 1 aromatic heterocycles. The Kier molecular flexibility index (Phi) is 5.80. The standard InChI is InChI=1S/C17H20N2O3.ClH/c1-12-15(11-19-9-7-14(8-10-19)17(20)21)18-16(22-12)13-5-3-2-4-6-13;/h2-6,14H,7-11H2,1H3,(H,20,21);1H. The number of benzene rings is 1. The molecule has 0 unspecified atom stereocenters. The summed E-state index contributed by atoms with van der Waals surface area (Å²) in [5, 5.41) is 9.04. The number of oxazole rings is 1. The van der Waals surface area contributed by atoms with Gasteiger partial charge in [-0.15, -0.1) is 12.4 Å². The third-order valence-corrected chi connectivity index (χ3v) is 4.22. The van der Waals surface area contributed by atoms with Crippen LogP contribution in [0, 0.1) is 12.8 Å². The summed E-state index contributed by atoms with van der Waals surface area (Å²) in [6, 6.07) is 9.85. The Balaban J connectivity index is 0.00000192. The summed E-state index contributed by atoms with van der Waals surface area (Å²) in [6.07, 6.45) is 1.41. The van der Waals surface area contributed by atoms with Gasteiger partial charge in [0.05, 0.1) is 11.6 Å². The van der Waals surface area contributed by atoms with Crippen LogP contribution in [0.2, 0.25) is 0 Å². The third-order valence-electron chi connectivity index (χ3n) is 4.22. The van der Waals surface area contributed by atoms with E-state index in [1.165, 1.54) is 0 Å². The van der Waals surface area contributed by atoms with Gasteiger partial charge in [0.25, 0.3) is 0 Å². The molecule has 1 saturated heterocycles. The monoisotopic (exact) mass is 336 g/mol. The summed E-state index contributed by atoms with van der Waals surface area (Å²) in [5.41, 5.74) is 1.91. The van der Waals surface area contributed by atoms with E-state index in [0.29, 0.717) is 25.3 Å². The van der Waals surface area contributed by atoms with Crippen molar-refractivity contribution in [3.63, 3.8) is 0 Å². The Labute approximate surface area is 141 Å². The highest BCUT2D eigenvalue weighted by Gasteiger charge is 2.25. The minimum atomic E-state index is -0.677. The smallest absolute Gasteiger partial charge is 0.306 e. The fourth-order valence-electron chi connectivity index (χ4n) is 2.83. The minimum Gasteiger partial charge on any atom is -0.481 e. The number of hydrogen-bond acceptors (Lipinski definition) is 4. The molecule has 0 bridgehead atoms. The van der Waals surface area contributed by atoms with E-state index in [-0.39, 0.29) is 18.3 Å². The summed E-state index contributed by atoms with van der Waals surface area (Å²) in [4.78, 5) is 17.8. The maximum Gasteiger partial charge on any atom is 0.306 e. The Morgan fingerprint density at radius 2 is 1.96 bits per heavy atom. The van der Waals surface area contributed by atoms with Crippen LogP contribution >= 0.6 is 12.4 Å². The van der Waals surface area contributed by atoms with Crippen molar-refractivity contribution in [2.24, 2.45) is 5.92 Å². The first-order chi connectivity index (χ1) is 10.6. The largest absolute Gasteiger partial charge is 0.481 e. The van der Waals surface area contributed by atoms with E-state index in [1.54, 1.807) is 0 Å². The lowest BCUT2D eigenvalue weighted by molar-refractivity contribution is -0.143. The molecule has 0 spiro atoms. The second kappa shape index (κ2) is 7.62. The van der Waals surface area contributed by atoms with Gasteiger partial charge in [0, 0.05) is 12.1 Å². The van der Waals surface area contributed by atoms with Crippen molar-refractivity contribution in [1.29, 1.82) is 0 Å². The fraction of sp³-hybridized carbons (Fsp3) is 0.412. The third kappa shape index (κ3) is 4.12. The molecule has 6 heteroatoms. The Hall–Kier alpha value is -1.85. The number of carboxylic acid groups (broad SMARTS) is 1. The van der Waals surface area contributed by atoms with Gasteiger partial charge in [-0.3, -0.25) is 9.69 Å². The molecule has 1 N–H and O–H groups in total. The summed E-state index contributed by atoms with van der Waals surface area (Å²) in [5.74, 6) is 0.603. The van der Waals surface area contributed by atoms with Crippen LogP contribution in [-0.4, -0.2) is 34.0 Å². The zero-order valence-electron chi connectivity index (χ0n) is 13.1. The zero-order valence-corrected chi connectivity index (χ0v) is 13.9. The topological polar surface area (TPSA) is 66.6 Å². The van der Waals surface area contributed by atoms with Gasteiger partial charge in [0.15, 0.2) is 0 Å². The van der Waals surface area contributed by atoms with Crippen molar-refractivity contribution in [1.82, 2.24) is 9.88 Å². The number of carboxylic acids is 1. The molecule has 0 atom stereocenters. The average molecular weight is 337 g/mol. The predicted octanol–water partition coefficient (Wildman–Crippen LogP) is 3.37. The molecule has 1 aromatic carbocycles. The number of aryl methyl sites for hydroxylation is 1. The van der Waals surface area contributed by atoms with Crippen molar-refractivity contribution in [3.05, 3.63) is 41.8 Å².